The molecule has 1 aliphatic carbocycles. The van der Waals surface area contributed by atoms with Crippen LogP contribution in [0.25, 0.3) is 0 Å². The Morgan fingerprint density at radius 3 is 1.74 bits per heavy atom. The zero-order valence-electron chi connectivity index (χ0n) is 19.0. The minimum absolute atomic E-state index is 0. The summed E-state index contributed by atoms with van der Waals surface area (Å²) in [6.07, 6.45) is -7.94. The van der Waals surface area contributed by atoms with Crippen LogP contribution < -0.4 is 15.5 Å². The molecule has 3 rings (SSSR count). The first-order chi connectivity index (χ1) is 15.3. The summed E-state index contributed by atoms with van der Waals surface area (Å²) in [5.74, 6) is -0.226. The summed E-state index contributed by atoms with van der Waals surface area (Å²) in [6, 6.07) is 7.82. The van der Waals surface area contributed by atoms with Gasteiger partial charge in [-0.1, -0.05) is 0 Å². The fourth-order valence-electron chi connectivity index (χ4n) is 3.70. The quantitative estimate of drug-likeness (QED) is 0.486. The fraction of sp³-hybridized carbons (Fsp3) is 0.455. The van der Waals surface area contributed by atoms with Gasteiger partial charge in [0.1, 0.15) is 11.4 Å². The first-order valence-corrected chi connectivity index (χ1v) is 10.3. The van der Waals surface area contributed by atoms with E-state index in [2.05, 4.69) is 15.6 Å². The van der Waals surface area contributed by atoms with E-state index in [-0.39, 0.29) is 50.7 Å². The summed E-state index contributed by atoms with van der Waals surface area (Å²) >= 11 is 0. The summed E-state index contributed by atoms with van der Waals surface area (Å²) < 4.78 is 77.9. The topological polar surface area (TPSA) is 57.3 Å². The highest BCUT2D eigenvalue weighted by Gasteiger charge is 2.39. The predicted molar refractivity (Wildman–Crippen MR) is 133 cm³/mol. The Labute approximate surface area is 213 Å². The zero-order valence-corrected chi connectivity index (χ0v) is 21.0. The van der Waals surface area contributed by atoms with Gasteiger partial charge in [0.2, 0.25) is 0 Å². The highest BCUT2D eigenvalue weighted by atomic mass is 32.1. The van der Waals surface area contributed by atoms with Crippen molar-refractivity contribution in [1.29, 1.82) is 0 Å². The van der Waals surface area contributed by atoms with Gasteiger partial charge in [-0.05, 0) is 62.1 Å². The molecule has 1 amide bonds. The summed E-state index contributed by atoms with van der Waals surface area (Å²) in [6.45, 7) is 0. The maximum absolute atomic E-state index is 13.0. The Bertz CT molecular complexity index is 943. The minimum atomic E-state index is -5.00. The third-order valence-electron chi connectivity index (χ3n) is 5.49. The molecule has 1 aromatic heterocycles. The van der Waals surface area contributed by atoms with Crippen molar-refractivity contribution in [3.63, 3.8) is 0 Å². The highest BCUT2D eigenvalue weighted by molar-refractivity contribution is 7.59. The first kappa shape index (κ1) is 30.8. The van der Waals surface area contributed by atoms with E-state index in [1.54, 1.807) is 12.1 Å². The lowest BCUT2D eigenvalue weighted by molar-refractivity contribution is -0.150. The van der Waals surface area contributed by atoms with Crippen LogP contribution >= 0.6 is 27.0 Å². The lowest BCUT2D eigenvalue weighted by Gasteiger charge is -2.30. The molecule has 0 bridgehead atoms. The Kier molecular flexibility index (Phi) is 10.6. The number of halogens is 6. The average Bonchev–Trinajstić information content (AvgIpc) is 2.73. The molecule has 0 aliphatic heterocycles. The molecule has 0 atom stereocenters. The molecule has 0 radical (unpaired) electrons. The minimum Gasteiger partial charge on any atom is -0.382 e. The number of anilines is 2. The van der Waals surface area contributed by atoms with Crippen LogP contribution in [0.4, 0.5) is 37.7 Å². The number of pyridine rings is 1. The van der Waals surface area contributed by atoms with Crippen LogP contribution in [-0.2, 0) is 12.4 Å². The molecule has 0 saturated heterocycles. The number of nitrogens with one attached hydrogen (secondary N) is 2. The van der Waals surface area contributed by atoms with Crippen LogP contribution in [0.15, 0.2) is 36.4 Å². The Morgan fingerprint density at radius 2 is 1.31 bits per heavy atom. The Hall–Kier alpha value is -2.28. The fourth-order valence-corrected chi connectivity index (χ4v) is 3.70. The molecule has 1 fully saturated rings. The second kappa shape index (κ2) is 12.1. The summed E-state index contributed by atoms with van der Waals surface area (Å²) in [4.78, 5) is 17.1. The smallest absolute Gasteiger partial charge is 0.382 e. The molecule has 1 heterocycles. The largest absolute Gasteiger partial charge is 0.433 e. The van der Waals surface area contributed by atoms with Crippen LogP contribution in [0.1, 0.15) is 47.4 Å². The van der Waals surface area contributed by atoms with Crippen molar-refractivity contribution in [2.75, 3.05) is 24.3 Å². The molecule has 13 heteroatoms. The number of nitrogens with zero attached hydrogens (tertiary/aromatic N) is 2. The van der Waals surface area contributed by atoms with E-state index in [9.17, 15) is 31.1 Å². The molecule has 196 valence electrons. The molecule has 35 heavy (non-hydrogen) atoms. The van der Waals surface area contributed by atoms with Crippen LogP contribution in [0.2, 0.25) is 0 Å². The van der Waals surface area contributed by atoms with Gasteiger partial charge in [0, 0.05) is 43.1 Å². The maximum Gasteiger partial charge on any atom is 0.433 e. The van der Waals surface area contributed by atoms with Gasteiger partial charge in [0.25, 0.3) is 5.91 Å². The van der Waals surface area contributed by atoms with E-state index in [0.29, 0.717) is 43.4 Å². The van der Waals surface area contributed by atoms with Crippen molar-refractivity contribution in [3.05, 3.63) is 53.3 Å². The van der Waals surface area contributed by atoms with E-state index >= 15 is 0 Å². The maximum atomic E-state index is 13.0. The molecule has 2 N–H and O–H groups in total. The number of amides is 1. The van der Waals surface area contributed by atoms with Gasteiger partial charge in [-0.15, -0.1) is 0 Å². The zero-order chi connectivity index (χ0) is 24.4. The van der Waals surface area contributed by atoms with Gasteiger partial charge in [-0.2, -0.15) is 53.3 Å². The molecule has 0 spiro atoms. The van der Waals surface area contributed by atoms with Crippen molar-refractivity contribution in [2.24, 2.45) is 0 Å². The lowest BCUT2D eigenvalue weighted by Crippen LogP contribution is -2.40. The number of alkyl halides is 6. The standard InChI is InChI=1S/C22H24F6N4O.2H2S/c1-32(2)17-9-3-13(4-10-17)20(33)30-15-7-5-14(6-8-15)29-16-11-18(21(23,24)25)31-19(12-16)22(26,27)28;;/h3-4,9-12,14-15H,5-8H2,1-2H3,(H,29,31)(H,30,33);2*1H2. The van der Waals surface area contributed by atoms with Crippen molar-refractivity contribution >= 4 is 44.3 Å². The van der Waals surface area contributed by atoms with Gasteiger partial charge in [0.15, 0.2) is 0 Å². The number of carbonyl (C=O) groups is 1. The molecule has 0 unspecified atom stereocenters. The van der Waals surface area contributed by atoms with Crippen molar-refractivity contribution in [3.8, 4) is 0 Å². The van der Waals surface area contributed by atoms with E-state index in [4.69, 9.17) is 0 Å². The van der Waals surface area contributed by atoms with E-state index in [0.717, 1.165) is 5.69 Å². The molecule has 1 saturated carbocycles. The van der Waals surface area contributed by atoms with E-state index in [1.165, 1.54) is 0 Å². The van der Waals surface area contributed by atoms with Crippen LogP contribution in [0, 0.1) is 0 Å². The average molecular weight is 543 g/mol. The Morgan fingerprint density at radius 1 is 0.857 bits per heavy atom. The molecule has 1 aliphatic rings. The van der Waals surface area contributed by atoms with E-state index < -0.39 is 23.7 Å². The van der Waals surface area contributed by atoms with Crippen LogP contribution in [-0.4, -0.2) is 37.1 Å². The van der Waals surface area contributed by atoms with Gasteiger partial charge in [0.05, 0.1) is 0 Å². The summed E-state index contributed by atoms with van der Waals surface area (Å²) in [5, 5.41) is 5.71. The second-order valence-corrected chi connectivity index (χ2v) is 8.23. The highest BCUT2D eigenvalue weighted by Crippen LogP contribution is 2.35. The summed E-state index contributed by atoms with van der Waals surface area (Å²) in [7, 11) is 3.78. The molecule has 2 aromatic rings. The summed E-state index contributed by atoms with van der Waals surface area (Å²) in [5.41, 5.74) is -2.01. The van der Waals surface area contributed by atoms with Crippen LogP contribution in [0.5, 0.6) is 0 Å². The number of carbonyl (C=O) groups excluding carboxylic acids is 1. The second-order valence-electron chi connectivity index (χ2n) is 8.23. The molecule has 5 nitrogen and oxygen atoms in total. The van der Waals surface area contributed by atoms with Crippen molar-refractivity contribution in [2.45, 2.75) is 50.1 Å². The van der Waals surface area contributed by atoms with Gasteiger partial charge in [-0.25, -0.2) is 4.98 Å². The van der Waals surface area contributed by atoms with E-state index in [1.807, 2.05) is 31.1 Å². The molecular weight excluding hydrogens is 514 g/mol. The van der Waals surface area contributed by atoms with Crippen LogP contribution in [0.3, 0.4) is 0 Å². The molecule has 1 aromatic carbocycles. The predicted octanol–water partition coefficient (Wildman–Crippen LogP) is 5.56. The normalized spacial score (nSPS) is 18.1. The number of aromatic nitrogens is 1. The number of benzene rings is 1. The number of hydrogen-bond acceptors (Lipinski definition) is 4. The number of hydrogen-bond donors (Lipinski definition) is 2. The number of rotatable bonds is 5. The van der Waals surface area contributed by atoms with Gasteiger partial charge >= 0.3 is 12.4 Å². The van der Waals surface area contributed by atoms with Gasteiger partial charge < -0.3 is 15.5 Å². The van der Waals surface area contributed by atoms with Crippen molar-refractivity contribution < 1.29 is 31.1 Å². The van der Waals surface area contributed by atoms with Gasteiger partial charge in [-0.3, -0.25) is 4.79 Å². The third kappa shape index (κ3) is 8.41. The monoisotopic (exact) mass is 542 g/mol. The SMILES string of the molecule is CN(C)c1ccc(C(=O)NC2CCC(Nc3cc(C(F)(F)F)nc(C(F)(F)F)c3)CC2)cc1.S.S. The Balaban J connectivity index is 0.00000306. The third-order valence-corrected chi connectivity index (χ3v) is 5.49. The first-order valence-electron chi connectivity index (χ1n) is 10.3. The molecular formula is C22H28F6N4OS2. The van der Waals surface area contributed by atoms with Crippen molar-refractivity contribution in [1.82, 2.24) is 10.3 Å². The lowest BCUT2D eigenvalue weighted by atomic mass is 9.90.